The molecule has 2 heterocycles. The first-order valence-corrected chi connectivity index (χ1v) is 11.2. The van der Waals surface area contributed by atoms with E-state index in [0.29, 0.717) is 25.3 Å². The van der Waals surface area contributed by atoms with E-state index in [1.807, 2.05) is 0 Å². The van der Waals surface area contributed by atoms with E-state index in [2.05, 4.69) is 25.6 Å². The Morgan fingerprint density at radius 3 is 2.42 bits per heavy atom. The van der Waals surface area contributed by atoms with Gasteiger partial charge in [0.25, 0.3) is 5.92 Å². The molecule has 11 heteroatoms. The van der Waals surface area contributed by atoms with Crippen molar-refractivity contribution in [3.63, 3.8) is 0 Å². The van der Waals surface area contributed by atoms with Gasteiger partial charge in [-0.15, -0.1) is 0 Å². The number of nitrogens with one attached hydrogen (secondary N) is 2. The molecule has 2 N–H and O–H groups in total. The lowest BCUT2D eigenvalue weighted by Crippen LogP contribution is -2.36. The minimum absolute atomic E-state index is 0.0231. The fourth-order valence-corrected chi connectivity index (χ4v) is 3.90. The van der Waals surface area contributed by atoms with Crippen molar-refractivity contribution in [2.45, 2.75) is 45.1 Å². The van der Waals surface area contributed by atoms with Crippen LogP contribution >= 0.6 is 0 Å². The number of rotatable bonds is 9. The number of aromatic nitrogens is 3. The first-order chi connectivity index (χ1) is 17.0. The topological polar surface area (TPSA) is 96.9 Å². The number of carbonyl (C=O) groups is 2. The Kier molecular flexibility index (Phi) is 6.75. The predicted molar refractivity (Wildman–Crippen MR) is 123 cm³/mol. The molecule has 1 amide bonds. The predicted octanol–water partition coefficient (Wildman–Crippen LogP) is 5.24. The number of nitrogens with zero attached hydrogens (tertiary/aromatic N) is 3. The Balaban J connectivity index is 1.45. The van der Waals surface area contributed by atoms with E-state index in [4.69, 9.17) is 0 Å². The quantitative estimate of drug-likeness (QED) is 0.308. The number of carbonyl (C=O) groups excluding carboxylic acids is 2. The number of Topliss-reactive ketones (excluding diaryl/α,β-unsaturated/α-hetero) is 1. The van der Waals surface area contributed by atoms with Gasteiger partial charge in [0.15, 0.2) is 5.78 Å². The molecule has 1 aromatic carbocycles. The molecule has 36 heavy (non-hydrogen) atoms. The summed E-state index contributed by atoms with van der Waals surface area (Å²) in [5, 5.41) is 5.17. The molecule has 0 saturated heterocycles. The van der Waals surface area contributed by atoms with Crippen molar-refractivity contribution in [1.82, 2.24) is 20.3 Å². The van der Waals surface area contributed by atoms with Gasteiger partial charge in [0.05, 0.1) is 40.3 Å². The Morgan fingerprint density at radius 2 is 1.81 bits per heavy atom. The molecule has 0 bridgehead atoms. The van der Waals surface area contributed by atoms with Crippen LogP contribution in [0.2, 0.25) is 0 Å². The molecule has 1 aliphatic rings. The van der Waals surface area contributed by atoms with Crippen LogP contribution < -0.4 is 10.6 Å². The van der Waals surface area contributed by atoms with Crippen LogP contribution in [-0.2, 0) is 10.7 Å². The fraction of sp³-hybridized carbons (Fsp3) is 0.320. The number of hydrogen-bond donors (Lipinski definition) is 2. The third kappa shape index (κ3) is 5.34. The summed E-state index contributed by atoms with van der Waals surface area (Å²) >= 11 is 0. The molecule has 188 valence electrons. The number of pyridine rings is 1. The fourth-order valence-electron chi connectivity index (χ4n) is 3.90. The molecule has 1 unspecified atom stereocenters. The maximum absolute atomic E-state index is 14.9. The van der Waals surface area contributed by atoms with Gasteiger partial charge < -0.3 is 10.6 Å². The van der Waals surface area contributed by atoms with Crippen LogP contribution in [0.5, 0.6) is 0 Å². The van der Waals surface area contributed by atoms with Gasteiger partial charge in [-0.3, -0.25) is 14.6 Å². The lowest BCUT2D eigenvalue weighted by molar-refractivity contribution is -0.127. The summed E-state index contributed by atoms with van der Waals surface area (Å²) in [6.07, 6.45) is 6.23. The van der Waals surface area contributed by atoms with Crippen molar-refractivity contribution in [3.05, 3.63) is 77.6 Å². The van der Waals surface area contributed by atoms with Gasteiger partial charge >= 0.3 is 0 Å². The Hall–Kier alpha value is -3.89. The molecule has 0 aliphatic heterocycles. The Labute approximate surface area is 204 Å². The van der Waals surface area contributed by atoms with E-state index in [9.17, 15) is 27.2 Å². The highest BCUT2D eigenvalue weighted by molar-refractivity contribution is 6.00. The normalized spacial score (nSPS) is 15.2. The van der Waals surface area contributed by atoms with Crippen LogP contribution in [0.4, 0.5) is 28.9 Å². The highest BCUT2D eigenvalue weighted by Gasteiger charge is 2.51. The number of benzene rings is 1. The van der Waals surface area contributed by atoms with E-state index in [0.717, 1.165) is 30.5 Å². The maximum atomic E-state index is 14.9. The summed E-state index contributed by atoms with van der Waals surface area (Å²) in [6.45, 7) is 2.17. The third-order valence-electron chi connectivity index (χ3n) is 6.10. The van der Waals surface area contributed by atoms with E-state index in [-0.39, 0.29) is 23.6 Å². The number of amides is 1. The summed E-state index contributed by atoms with van der Waals surface area (Å²) in [6, 6.07) is 3.39. The van der Waals surface area contributed by atoms with E-state index < -0.39 is 46.2 Å². The second-order valence-corrected chi connectivity index (χ2v) is 8.97. The zero-order valence-corrected chi connectivity index (χ0v) is 19.5. The van der Waals surface area contributed by atoms with Gasteiger partial charge in [0.2, 0.25) is 5.91 Å². The highest BCUT2D eigenvalue weighted by atomic mass is 19.3. The average molecular weight is 501 g/mol. The maximum Gasteiger partial charge on any atom is 0.272 e. The van der Waals surface area contributed by atoms with Crippen LogP contribution in [0.1, 0.15) is 60.8 Å². The first kappa shape index (κ1) is 25.2. The summed E-state index contributed by atoms with van der Waals surface area (Å²) in [4.78, 5) is 37.0. The summed E-state index contributed by atoms with van der Waals surface area (Å²) < 4.78 is 56.9. The largest absolute Gasteiger partial charge is 0.351 e. The van der Waals surface area contributed by atoms with Gasteiger partial charge in [0.1, 0.15) is 18.0 Å². The van der Waals surface area contributed by atoms with Crippen LogP contribution in [-0.4, -0.2) is 26.6 Å². The van der Waals surface area contributed by atoms with E-state index >= 15 is 0 Å². The number of hydrogen-bond acceptors (Lipinski definition) is 6. The number of alkyl halides is 2. The number of halogens is 4. The average Bonchev–Trinajstić information content (AvgIpc) is 3.61. The zero-order chi connectivity index (χ0) is 26.1. The molecule has 1 fully saturated rings. The van der Waals surface area contributed by atoms with Gasteiger partial charge in [-0.25, -0.2) is 27.5 Å². The second kappa shape index (κ2) is 9.63. The van der Waals surface area contributed by atoms with Crippen LogP contribution in [0.25, 0.3) is 0 Å². The zero-order valence-electron chi connectivity index (χ0n) is 19.5. The molecule has 3 aromatic rings. The molecule has 1 aliphatic carbocycles. The SMILES string of the molecule is CC(NC(=O)C1(CC(=O)c2cncnc2)CC1)c1ncc(Nc2c(F)cccc2C(C)(F)F)cc1F. The minimum atomic E-state index is -3.33. The van der Waals surface area contributed by atoms with Crippen molar-refractivity contribution in [2.75, 3.05) is 5.32 Å². The molecule has 0 spiro atoms. The lowest BCUT2D eigenvalue weighted by atomic mass is 9.95. The van der Waals surface area contributed by atoms with Gasteiger partial charge in [-0.05, 0) is 25.8 Å². The van der Waals surface area contributed by atoms with Crippen molar-refractivity contribution >= 4 is 23.1 Å². The van der Waals surface area contributed by atoms with Crippen molar-refractivity contribution < 1.29 is 27.2 Å². The molecule has 0 radical (unpaired) electrons. The summed E-state index contributed by atoms with van der Waals surface area (Å²) in [5.74, 6) is -5.74. The van der Waals surface area contributed by atoms with Crippen molar-refractivity contribution in [1.29, 1.82) is 0 Å². The minimum Gasteiger partial charge on any atom is -0.351 e. The van der Waals surface area contributed by atoms with E-state index in [1.165, 1.54) is 25.6 Å². The second-order valence-electron chi connectivity index (χ2n) is 8.97. The van der Waals surface area contributed by atoms with Gasteiger partial charge in [0, 0.05) is 37.4 Å². The molecular formula is C25H23F4N5O2. The van der Waals surface area contributed by atoms with Crippen molar-refractivity contribution in [2.24, 2.45) is 5.41 Å². The number of para-hydroxylation sites is 1. The smallest absolute Gasteiger partial charge is 0.272 e. The van der Waals surface area contributed by atoms with Gasteiger partial charge in [-0.1, -0.05) is 12.1 Å². The Bertz CT molecular complexity index is 1290. The number of ketones is 1. The Morgan fingerprint density at radius 1 is 1.11 bits per heavy atom. The molecule has 1 atom stereocenters. The van der Waals surface area contributed by atoms with E-state index in [1.54, 1.807) is 0 Å². The summed E-state index contributed by atoms with van der Waals surface area (Å²) in [5.41, 5.74) is -1.78. The van der Waals surface area contributed by atoms with Gasteiger partial charge in [-0.2, -0.15) is 0 Å². The first-order valence-electron chi connectivity index (χ1n) is 11.2. The third-order valence-corrected chi connectivity index (χ3v) is 6.10. The monoisotopic (exact) mass is 501 g/mol. The summed E-state index contributed by atoms with van der Waals surface area (Å²) in [7, 11) is 0. The molecule has 1 saturated carbocycles. The molecule has 4 rings (SSSR count). The standard InChI is InChI=1S/C25H23F4N5O2/c1-14(33-23(36)25(6-7-25)9-20(35)15-10-30-13-31-11-15)21-19(27)8-16(12-32-21)34-22-17(24(2,28)29)4-3-5-18(22)26/h3-5,8,10-14,34H,6-7,9H2,1-2H3,(H,33,36). The highest BCUT2D eigenvalue weighted by Crippen LogP contribution is 2.50. The number of anilines is 2. The molecular weight excluding hydrogens is 478 g/mol. The molecule has 7 nitrogen and oxygen atoms in total. The van der Waals surface area contributed by atoms with Crippen molar-refractivity contribution in [3.8, 4) is 0 Å². The van der Waals surface area contributed by atoms with Crippen LogP contribution in [0.15, 0.2) is 49.2 Å². The molecule has 2 aromatic heterocycles. The lowest BCUT2D eigenvalue weighted by Gasteiger charge is -2.20. The van der Waals surface area contributed by atoms with Crippen LogP contribution in [0, 0.1) is 17.0 Å². The van der Waals surface area contributed by atoms with Crippen LogP contribution in [0.3, 0.4) is 0 Å².